The molecule has 4 N–H and O–H groups in total. The van der Waals surface area contributed by atoms with Crippen LogP contribution >= 0.6 is 11.8 Å². The van der Waals surface area contributed by atoms with E-state index in [9.17, 15) is 9.59 Å². The summed E-state index contributed by atoms with van der Waals surface area (Å²) in [7, 11) is 0. The van der Waals surface area contributed by atoms with Crippen LogP contribution in [-0.4, -0.2) is 32.4 Å². The fraction of sp³-hybridized carbons (Fsp3) is 0.667. The first-order chi connectivity index (χ1) is 9.54. The van der Waals surface area contributed by atoms with Crippen molar-refractivity contribution >= 4 is 23.7 Å². The number of hydrogen-bond donors (Lipinski definition) is 3. The molecule has 1 saturated carbocycles. The number of hydrogen-bond acceptors (Lipinski definition) is 5. The van der Waals surface area contributed by atoms with Gasteiger partial charge in [0, 0.05) is 6.42 Å². The van der Waals surface area contributed by atoms with Gasteiger partial charge in [-0.1, -0.05) is 37.4 Å². The second kappa shape index (κ2) is 6.74. The van der Waals surface area contributed by atoms with Crippen LogP contribution < -0.4 is 11.1 Å². The van der Waals surface area contributed by atoms with Gasteiger partial charge in [0.15, 0.2) is 0 Å². The molecule has 0 saturated heterocycles. The molecule has 110 valence electrons. The third kappa shape index (κ3) is 4.22. The number of urea groups is 1. The minimum absolute atomic E-state index is 0.440. The van der Waals surface area contributed by atoms with Crippen LogP contribution in [0, 0.1) is 5.92 Å². The zero-order valence-corrected chi connectivity index (χ0v) is 12.2. The number of H-pyrrole nitrogens is 1. The number of nitrogens with one attached hydrogen (secondary N) is 2. The van der Waals surface area contributed by atoms with E-state index in [0.29, 0.717) is 11.1 Å². The number of nitrogens with zero attached hydrogens (tertiary/aromatic N) is 2. The Labute approximate surface area is 121 Å². The number of aromatic nitrogens is 3. The molecule has 0 unspecified atom stereocenters. The maximum atomic E-state index is 11.5. The van der Waals surface area contributed by atoms with Crippen LogP contribution in [0.3, 0.4) is 0 Å². The highest BCUT2D eigenvalue weighted by atomic mass is 32.2. The number of amides is 3. The van der Waals surface area contributed by atoms with Crippen molar-refractivity contribution in [3.63, 3.8) is 0 Å². The van der Waals surface area contributed by atoms with E-state index < -0.39 is 17.2 Å². The minimum Gasteiger partial charge on any atom is -0.351 e. The molecule has 1 aromatic heterocycles. The molecule has 3 amide bonds. The van der Waals surface area contributed by atoms with Gasteiger partial charge in [-0.25, -0.2) is 9.78 Å². The monoisotopic (exact) mass is 297 g/mol. The molecule has 1 aliphatic carbocycles. The van der Waals surface area contributed by atoms with Crippen LogP contribution in [0.1, 0.15) is 38.4 Å². The van der Waals surface area contributed by atoms with Gasteiger partial charge >= 0.3 is 6.03 Å². The van der Waals surface area contributed by atoms with E-state index in [1.165, 1.54) is 37.4 Å². The van der Waals surface area contributed by atoms with E-state index in [1.54, 1.807) is 6.92 Å². The molecule has 1 aromatic rings. The van der Waals surface area contributed by atoms with Gasteiger partial charge in [0.2, 0.25) is 11.1 Å². The number of rotatable bonds is 5. The first-order valence-corrected chi connectivity index (χ1v) is 7.61. The number of imide groups is 1. The highest BCUT2D eigenvalue weighted by Crippen LogP contribution is 2.27. The molecule has 0 spiro atoms. The average Bonchev–Trinajstić information content (AvgIpc) is 3.01. The summed E-state index contributed by atoms with van der Waals surface area (Å²) in [4.78, 5) is 26.5. The van der Waals surface area contributed by atoms with Crippen molar-refractivity contribution in [3.05, 3.63) is 5.82 Å². The van der Waals surface area contributed by atoms with Crippen LogP contribution in [0.2, 0.25) is 0 Å². The second-order valence-electron chi connectivity index (χ2n) is 5.03. The molecule has 1 aliphatic rings. The van der Waals surface area contributed by atoms with Gasteiger partial charge in [0.25, 0.3) is 0 Å². The van der Waals surface area contributed by atoms with Gasteiger partial charge < -0.3 is 5.73 Å². The minimum atomic E-state index is -0.848. The highest BCUT2D eigenvalue weighted by Gasteiger charge is 2.20. The summed E-state index contributed by atoms with van der Waals surface area (Å²) in [6.07, 6.45) is 6.01. The van der Waals surface area contributed by atoms with Crippen molar-refractivity contribution in [2.75, 3.05) is 0 Å². The summed E-state index contributed by atoms with van der Waals surface area (Å²) >= 11 is 1.20. The topological polar surface area (TPSA) is 114 Å². The molecule has 0 aliphatic heterocycles. The quantitative estimate of drug-likeness (QED) is 0.707. The predicted molar refractivity (Wildman–Crippen MR) is 75.1 cm³/mol. The van der Waals surface area contributed by atoms with E-state index in [-0.39, 0.29) is 0 Å². The first-order valence-electron chi connectivity index (χ1n) is 6.73. The maximum Gasteiger partial charge on any atom is 0.318 e. The van der Waals surface area contributed by atoms with Crippen LogP contribution in [0.25, 0.3) is 0 Å². The molecule has 0 radical (unpaired) electrons. The van der Waals surface area contributed by atoms with E-state index >= 15 is 0 Å². The van der Waals surface area contributed by atoms with Gasteiger partial charge in [0.05, 0.1) is 5.25 Å². The standard InChI is InChI=1S/C12H19N5O2S/c1-7(10(18)15-11(13)19)20-12-14-9(16-17-12)6-8-4-2-3-5-8/h7-8H,2-6H2,1H3,(H,14,16,17)(H3,13,15,18,19)/t7-/m1/s1. The summed E-state index contributed by atoms with van der Waals surface area (Å²) in [6.45, 7) is 1.68. The van der Waals surface area contributed by atoms with Crippen molar-refractivity contribution in [2.45, 2.75) is 49.4 Å². The van der Waals surface area contributed by atoms with E-state index in [1.807, 2.05) is 5.32 Å². The molecule has 1 atom stereocenters. The Bertz CT molecular complexity index is 484. The SMILES string of the molecule is C[C@@H](Sc1n[nH]c(CC2CCCC2)n1)C(=O)NC(N)=O. The van der Waals surface area contributed by atoms with Gasteiger partial charge in [-0.15, -0.1) is 5.10 Å². The normalized spacial score (nSPS) is 17.1. The highest BCUT2D eigenvalue weighted by molar-refractivity contribution is 8.00. The Morgan fingerprint density at radius 1 is 1.50 bits per heavy atom. The Kier molecular flexibility index (Phi) is 4.99. The number of thioether (sulfide) groups is 1. The van der Waals surface area contributed by atoms with Crippen LogP contribution in [-0.2, 0) is 11.2 Å². The number of carbonyl (C=O) groups excluding carboxylic acids is 2. The Hall–Kier alpha value is -1.57. The van der Waals surface area contributed by atoms with Crippen molar-refractivity contribution in [1.29, 1.82) is 0 Å². The second-order valence-corrected chi connectivity index (χ2v) is 6.34. The number of carbonyl (C=O) groups is 2. The molecular formula is C12H19N5O2S. The molecule has 1 heterocycles. The number of primary amides is 1. The Morgan fingerprint density at radius 3 is 2.85 bits per heavy atom. The van der Waals surface area contributed by atoms with Crippen molar-refractivity contribution in [1.82, 2.24) is 20.5 Å². The third-order valence-corrected chi connectivity index (χ3v) is 4.33. The summed E-state index contributed by atoms with van der Waals surface area (Å²) in [5, 5.41) is 9.09. The third-order valence-electron chi connectivity index (χ3n) is 3.37. The summed E-state index contributed by atoms with van der Waals surface area (Å²) < 4.78 is 0. The van der Waals surface area contributed by atoms with Crippen LogP contribution in [0.5, 0.6) is 0 Å². The molecule has 0 aromatic carbocycles. The van der Waals surface area contributed by atoms with Gasteiger partial charge in [-0.2, -0.15) is 0 Å². The average molecular weight is 297 g/mol. The lowest BCUT2D eigenvalue weighted by Gasteiger charge is -2.06. The molecule has 2 rings (SSSR count). The lowest BCUT2D eigenvalue weighted by Crippen LogP contribution is -2.39. The van der Waals surface area contributed by atoms with E-state index in [2.05, 4.69) is 15.2 Å². The van der Waals surface area contributed by atoms with Gasteiger partial charge in [-0.05, 0) is 12.8 Å². The van der Waals surface area contributed by atoms with Crippen molar-refractivity contribution in [3.8, 4) is 0 Å². The molecular weight excluding hydrogens is 278 g/mol. The van der Waals surface area contributed by atoms with Crippen LogP contribution in [0.15, 0.2) is 5.16 Å². The fourth-order valence-electron chi connectivity index (χ4n) is 2.34. The summed E-state index contributed by atoms with van der Waals surface area (Å²) in [5.74, 6) is 1.11. The molecule has 8 heteroatoms. The van der Waals surface area contributed by atoms with E-state index in [4.69, 9.17) is 5.73 Å². The van der Waals surface area contributed by atoms with Crippen LogP contribution in [0.4, 0.5) is 4.79 Å². The Morgan fingerprint density at radius 2 is 2.20 bits per heavy atom. The first kappa shape index (κ1) is 14.8. The zero-order valence-electron chi connectivity index (χ0n) is 11.4. The number of nitrogens with two attached hydrogens (primary N) is 1. The lowest BCUT2D eigenvalue weighted by molar-refractivity contribution is -0.119. The summed E-state index contributed by atoms with van der Waals surface area (Å²) in [5.41, 5.74) is 4.90. The lowest BCUT2D eigenvalue weighted by atomic mass is 10.0. The maximum absolute atomic E-state index is 11.5. The molecule has 1 fully saturated rings. The Balaban J connectivity index is 1.85. The molecule has 20 heavy (non-hydrogen) atoms. The molecule has 7 nitrogen and oxygen atoms in total. The van der Waals surface area contributed by atoms with Gasteiger partial charge in [0.1, 0.15) is 5.82 Å². The van der Waals surface area contributed by atoms with E-state index in [0.717, 1.165) is 12.2 Å². The fourth-order valence-corrected chi connectivity index (χ4v) is 3.09. The smallest absolute Gasteiger partial charge is 0.318 e. The predicted octanol–water partition coefficient (Wildman–Crippen LogP) is 1.21. The number of aromatic amines is 1. The van der Waals surface area contributed by atoms with Gasteiger partial charge in [-0.3, -0.25) is 15.2 Å². The summed E-state index contributed by atoms with van der Waals surface area (Å²) in [6, 6.07) is -0.848. The zero-order chi connectivity index (χ0) is 14.5. The largest absolute Gasteiger partial charge is 0.351 e. The molecule has 0 bridgehead atoms. The van der Waals surface area contributed by atoms with Crippen molar-refractivity contribution < 1.29 is 9.59 Å². The van der Waals surface area contributed by atoms with Crippen molar-refractivity contribution in [2.24, 2.45) is 11.7 Å².